The van der Waals surface area contributed by atoms with E-state index in [4.69, 9.17) is 0 Å². The highest BCUT2D eigenvalue weighted by Crippen LogP contribution is 2.27. The summed E-state index contributed by atoms with van der Waals surface area (Å²) in [6, 6.07) is 9.80. The van der Waals surface area contributed by atoms with Crippen LogP contribution in [0.2, 0.25) is 0 Å². The van der Waals surface area contributed by atoms with Crippen molar-refractivity contribution in [2.45, 2.75) is 51.5 Å². The number of nitrogens with one attached hydrogen (secondary N) is 1. The Kier molecular flexibility index (Phi) is 4.53. The van der Waals surface area contributed by atoms with E-state index in [1.807, 2.05) is 30.3 Å². The van der Waals surface area contributed by atoms with Crippen molar-refractivity contribution in [3.8, 4) is 11.4 Å². The Labute approximate surface area is 125 Å². The third kappa shape index (κ3) is 3.63. The zero-order valence-corrected chi connectivity index (χ0v) is 12.4. The van der Waals surface area contributed by atoms with Gasteiger partial charge < -0.3 is 0 Å². The largest absolute Gasteiger partial charge is 0.343 e. The Balaban J connectivity index is 1.58. The van der Waals surface area contributed by atoms with Crippen molar-refractivity contribution in [1.29, 1.82) is 0 Å². The number of H-pyrrole nitrogens is 1. The number of aromatic nitrogens is 3. The first-order valence-corrected chi connectivity index (χ1v) is 8.05. The van der Waals surface area contributed by atoms with Gasteiger partial charge in [-0.1, -0.05) is 62.4 Å². The molecule has 0 unspecified atom stereocenters. The number of hydrogen-bond acceptors (Lipinski definition) is 2. The molecule has 1 aromatic heterocycles. The van der Waals surface area contributed by atoms with Crippen molar-refractivity contribution >= 4 is 0 Å². The lowest BCUT2D eigenvalue weighted by Gasteiger charge is -2.21. The molecule has 0 spiro atoms. The summed E-state index contributed by atoms with van der Waals surface area (Å²) < 4.78 is 1.57. The van der Waals surface area contributed by atoms with Crippen molar-refractivity contribution in [3.63, 3.8) is 0 Å². The van der Waals surface area contributed by atoms with Crippen LogP contribution in [0.1, 0.15) is 44.9 Å². The summed E-state index contributed by atoms with van der Waals surface area (Å²) in [5.41, 5.74) is 0.859. The third-order valence-electron chi connectivity index (χ3n) is 4.43. The van der Waals surface area contributed by atoms with Crippen LogP contribution in [-0.4, -0.2) is 14.8 Å². The highest BCUT2D eigenvalue weighted by atomic mass is 16.1. The molecule has 1 N–H and O–H groups in total. The lowest BCUT2D eigenvalue weighted by Crippen LogP contribution is -2.19. The van der Waals surface area contributed by atoms with Crippen LogP contribution in [-0.2, 0) is 6.54 Å². The molecule has 2 aromatic rings. The number of rotatable bonds is 5. The summed E-state index contributed by atoms with van der Waals surface area (Å²) in [5, 5.41) is 4.41. The number of nitrogens with zero attached hydrogens (tertiary/aromatic N) is 2. The molecule has 1 aliphatic rings. The van der Waals surface area contributed by atoms with E-state index in [0.717, 1.165) is 24.4 Å². The predicted octanol–water partition coefficient (Wildman–Crippen LogP) is 3.60. The highest BCUT2D eigenvalue weighted by Gasteiger charge is 2.13. The van der Waals surface area contributed by atoms with Crippen LogP contribution in [0.3, 0.4) is 0 Å². The van der Waals surface area contributed by atoms with Gasteiger partial charge in [-0.3, -0.25) is 4.98 Å². The quantitative estimate of drug-likeness (QED) is 0.912. The van der Waals surface area contributed by atoms with Gasteiger partial charge in [0, 0.05) is 12.1 Å². The van der Waals surface area contributed by atoms with E-state index in [-0.39, 0.29) is 5.69 Å². The van der Waals surface area contributed by atoms with E-state index in [1.54, 1.807) is 4.68 Å². The Bertz CT molecular complexity index is 608. The molecule has 1 fully saturated rings. The van der Waals surface area contributed by atoms with Gasteiger partial charge in [0.2, 0.25) is 0 Å². The van der Waals surface area contributed by atoms with Crippen molar-refractivity contribution in [3.05, 3.63) is 40.8 Å². The summed E-state index contributed by atoms with van der Waals surface area (Å²) in [5.74, 6) is 1.53. The molecule has 0 radical (unpaired) electrons. The molecule has 1 heterocycles. The molecule has 1 saturated carbocycles. The average molecular weight is 285 g/mol. The smallest absolute Gasteiger partial charge is 0.289 e. The van der Waals surface area contributed by atoms with Crippen molar-refractivity contribution < 1.29 is 0 Å². The Hall–Kier alpha value is -1.84. The fourth-order valence-corrected chi connectivity index (χ4v) is 3.24. The van der Waals surface area contributed by atoms with Crippen molar-refractivity contribution in [2.24, 2.45) is 5.92 Å². The van der Waals surface area contributed by atoms with Crippen molar-refractivity contribution in [1.82, 2.24) is 14.8 Å². The van der Waals surface area contributed by atoms with Gasteiger partial charge in [0.1, 0.15) is 0 Å². The normalized spacial score (nSPS) is 16.2. The Morgan fingerprint density at radius 2 is 1.90 bits per heavy atom. The first-order valence-electron chi connectivity index (χ1n) is 8.05. The molecule has 4 heteroatoms. The van der Waals surface area contributed by atoms with Crippen LogP contribution < -0.4 is 5.69 Å². The number of hydrogen-bond donors (Lipinski definition) is 1. The molecule has 4 nitrogen and oxygen atoms in total. The van der Waals surface area contributed by atoms with E-state index in [1.165, 1.54) is 38.5 Å². The minimum atomic E-state index is -0.0995. The summed E-state index contributed by atoms with van der Waals surface area (Å²) in [6.45, 7) is 0.721. The molecular formula is C17H23N3O. The lowest BCUT2D eigenvalue weighted by molar-refractivity contribution is 0.323. The fraction of sp³-hybridized carbons (Fsp3) is 0.529. The fourth-order valence-electron chi connectivity index (χ4n) is 3.24. The van der Waals surface area contributed by atoms with Crippen LogP contribution in [0.5, 0.6) is 0 Å². The van der Waals surface area contributed by atoms with Gasteiger partial charge >= 0.3 is 5.69 Å². The van der Waals surface area contributed by atoms with Crippen LogP contribution in [0.4, 0.5) is 0 Å². The Morgan fingerprint density at radius 1 is 1.14 bits per heavy atom. The number of aryl methyl sites for hydroxylation is 1. The maximum atomic E-state index is 11.9. The zero-order valence-electron chi connectivity index (χ0n) is 12.4. The topological polar surface area (TPSA) is 50.7 Å². The summed E-state index contributed by atoms with van der Waals surface area (Å²) in [6.07, 6.45) is 9.16. The second-order valence-corrected chi connectivity index (χ2v) is 6.01. The van der Waals surface area contributed by atoms with E-state index in [9.17, 15) is 4.79 Å². The van der Waals surface area contributed by atoms with Crippen LogP contribution in [0.15, 0.2) is 35.1 Å². The first-order chi connectivity index (χ1) is 10.3. The van der Waals surface area contributed by atoms with Crippen LogP contribution in [0.25, 0.3) is 11.4 Å². The number of aromatic amines is 1. The van der Waals surface area contributed by atoms with E-state index >= 15 is 0 Å². The molecule has 3 rings (SSSR count). The molecule has 0 saturated heterocycles. The monoisotopic (exact) mass is 285 g/mol. The van der Waals surface area contributed by atoms with Gasteiger partial charge in [0.25, 0.3) is 0 Å². The minimum absolute atomic E-state index is 0.0995. The second kappa shape index (κ2) is 6.74. The summed E-state index contributed by atoms with van der Waals surface area (Å²) >= 11 is 0. The second-order valence-electron chi connectivity index (χ2n) is 6.01. The molecule has 21 heavy (non-hydrogen) atoms. The standard InChI is InChI=1S/C17H23N3O/c21-17-18-16(15-11-5-2-6-12-15)19-20(17)13-7-10-14-8-3-1-4-9-14/h2,5-6,11-12,14H,1,3-4,7-10,13H2,(H,18,19,21). The molecule has 0 aliphatic heterocycles. The van der Waals surface area contributed by atoms with Crippen molar-refractivity contribution in [2.75, 3.05) is 0 Å². The van der Waals surface area contributed by atoms with Gasteiger partial charge in [-0.05, 0) is 18.8 Å². The van der Waals surface area contributed by atoms with Gasteiger partial charge in [0.05, 0.1) is 0 Å². The highest BCUT2D eigenvalue weighted by molar-refractivity contribution is 5.53. The molecule has 1 aromatic carbocycles. The molecule has 0 atom stereocenters. The maximum absolute atomic E-state index is 11.9. The zero-order chi connectivity index (χ0) is 14.5. The predicted molar refractivity (Wildman–Crippen MR) is 84.1 cm³/mol. The third-order valence-corrected chi connectivity index (χ3v) is 4.43. The summed E-state index contributed by atoms with van der Waals surface area (Å²) in [4.78, 5) is 14.8. The van der Waals surface area contributed by atoms with Crippen LogP contribution in [0, 0.1) is 5.92 Å². The molecule has 0 bridgehead atoms. The number of benzene rings is 1. The van der Waals surface area contributed by atoms with Gasteiger partial charge in [-0.25, -0.2) is 9.48 Å². The summed E-state index contributed by atoms with van der Waals surface area (Å²) in [7, 11) is 0. The molecule has 0 amide bonds. The van der Waals surface area contributed by atoms with E-state index < -0.39 is 0 Å². The SMILES string of the molecule is O=c1[nH]c(-c2ccccc2)nn1CCCC1CCCCC1. The van der Waals surface area contributed by atoms with Crippen LogP contribution >= 0.6 is 0 Å². The molecular weight excluding hydrogens is 262 g/mol. The van der Waals surface area contributed by atoms with Gasteiger partial charge in [0.15, 0.2) is 5.82 Å². The maximum Gasteiger partial charge on any atom is 0.343 e. The Morgan fingerprint density at radius 3 is 2.67 bits per heavy atom. The minimum Gasteiger partial charge on any atom is -0.289 e. The average Bonchev–Trinajstić information content (AvgIpc) is 2.91. The first kappa shape index (κ1) is 14.1. The van der Waals surface area contributed by atoms with Gasteiger partial charge in [-0.15, -0.1) is 5.10 Å². The lowest BCUT2D eigenvalue weighted by atomic mass is 9.86. The van der Waals surface area contributed by atoms with E-state index in [0.29, 0.717) is 5.82 Å². The molecule has 112 valence electrons. The molecule has 1 aliphatic carbocycles. The van der Waals surface area contributed by atoms with Gasteiger partial charge in [-0.2, -0.15) is 0 Å². The van der Waals surface area contributed by atoms with E-state index in [2.05, 4.69) is 10.1 Å².